The Morgan fingerprint density at radius 3 is 2.92 bits per heavy atom. The molecule has 1 atom stereocenters. The molecule has 5 heterocycles. The Morgan fingerprint density at radius 2 is 2.04 bits per heavy atom. The van der Waals surface area contributed by atoms with Gasteiger partial charge in [-0.3, -0.25) is 4.57 Å². The zero-order valence-electron chi connectivity index (χ0n) is 13.9. The topological polar surface area (TPSA) is 60.0 Å². The second-order valence-corrected chi connectivity index (χ2v) is 7.54. The summed E-state index contributed by atoms with van der Waals surface area (Å²) in [6.45, 7) is 1.07. The van der Waals surface area contributed by atoms with Gasteiger partial charge in [0.25, 0.3) is 5.89 Å². The number of hydrogen-bond acceptors (Lipinski definition) is 6. The molecule has 0 spiro atoms. The molecule has 0 N–H and O–H groups in total. The fraction of sp³-hybridized carbons (Fsp3) is 0.211. The van der Waals surface area contributed by atoms with E-state index in [0.717, 1.165) is 34.9 Å². The van der Waals surface area contributed by atoms with Crippen molar-refractivity contribution in [2.45, 2.75) is 18.9 Å². The molecule has 0 bridgehead atoms. The van der Waals surface area contributed by atoms with Gasteiger partial charge in [-0.05, 0) is 36.4 Å². The molecule has 26 heavy (non-hydrogen) atoms. The minimum atomic E-state index is 0.305. The first-order valence-electron chi connectivity index (χ1n) is 8.71. The standard InChI is InChI=1S/C19H15N5OS/c1-2-6-13-12(5-1)23-9-3-7-14(23)17-16(20-11-24(13)17)19-21-18(22-25-19)15-8-4-10-26-15/h1-2,4-6,8,10-11,14H,3,7,9H2. The highest BCUT2D eigenvalue weighted by Gasteiger charge is 2.38. The first kappa shape index (κ1) is 14.3. The van der Waals surface area contributed by atoms with Crippen molar-refractivity contribution in [1.29, 1.82) is 0 Å². The first-order valence-corrected chi connectivity index (χ1v) is 9.59. The van der Waals surface area contributed by atoms with Gasteiger partial charge in [0.1, 0.15) is 6.33 Å². The molecule has 1 aromatic carbocycles. The average Bonchev–Trinajstić information content (AvgIpc) is 3.47. The summed E-state index contributed by atoms with van der Waals surface area (Å²) in [5.74, 6) is 1.12. The second kappa shape index (κ2) is 5.28. The summed E-state index contributed by atoms with van der Waals surface area (Å²) in [6.07, 6.45) is 4.17. The van der Waals surface area contributed by atoms with Gasteiger partial charge in [0.2, 0.25) is 5.82 Å². The van der Waals surface area contributed by atoms with Crippen LogP contribution in [0.15, 0.2) is 52.6 Å². The molecular formula is C19H15N5OS. The third-order valence-electron chi connectivity index (χ3n) is 5.19. The zero-order valence-corrected chi connectivity index (χ0v) is 14.7. The average molecular weight is 361 g/mol. The van der Waals surface area contributed by atoms with E-state index in [4.69, 9.17) is 4.52 Å². The van der Waals surface area contributed by atoms with Gasteiger partial charge >= 0.3 is 0 Å². The summed E-state index contributed by atoms with van der Waals surface area (Å²) >= 11 is 1.60. The van der Waals surface area contributed by atoms with E-state index in [1.165, 1.54) is 12.1 Å². The molecule has 0 radical (unpaired) electrons. The summed E-state index contributed by atoms with van der Waals surface area (Å²) in [5.41, 5.74) is 4.39. The fourth-order valence-electron chi connectivity index (χ4n) is 4.11. The molecule has 4 aromatic rings. The quantitative estimate of drug-likeness (QED) is 0.532. The molecule has 6 nitrogen and oxygen atoms in total. The number of para-hydroxylation sites is 2. The van der Waals surface area contributed by atoms with Gasteiger partial charge in [0, 0.05) is 6.54 Å². The van der Waals surface area contributed by atoms with Gasteiger partial charge in [-0.25, -0.2) is 4.98 Å². The molecule has 0 aliphatic carbocycles. The van der Waals surface area contributed by atoms with Crippen molar-refractivity contribution in [1.82, 2.24) is 19.7 Å². The van der Waals surface area contributed by atoms with E-state index in [9.17, 15) is 0 Å². The Kier molecular flexibility index (Phi) is 2.90. The van der Waals surface area contributed by atoms with E-state index < -0.39 is 0 Å². The van der Waals surface area contributed by atoms with Crippen molar-refractivity contribution in [3.05, 3.63) is 53.8 Å². The third kappa shape index (κ3) is 1.89. The van der Waals surface area contributed by atoms with Crippen LogP contribution in [0.3, 0.4) is 0 Å². The maximum absolute atomic E-state index is 5.59. The highest BCUT2D eigenvalue weighted by molar-refractivity contribution is 7.13. The zero-order chi connectivity index (χ0) is 17.1. The van der Waals surface area contributed by atoms with Crippen molar-refractivity contribution < 1.29 is 4.52 Å². The number of nitrogens with zero attached hydrogens (tertiary/aromatic N) is 5. The molecule has 1 saturated heterocycles. The van der Waals surface area contributed by atoms with E-state index >= 15 is 0 Å². The monoisotopic (exact) mass is 361 g/mol. The Morgan fingerprint density at radius 1 is 1.12 bits per heavy atom. The highest BCUT2D eigenvalue weighted by atomic mass is 32.1. The molecule has 2 aliphatic rings. The van der Waals surface area contributed by atoms with Crippen LogP contribution in [0.1, 0.15) is 24.6 Å². The van der Waals surface area contributed by atoms with Gasteiger partial charge in [-0.15, -0.1) is 11.3 Å². The van der Waals surface area contributed by atoms with Crippen molar-refractivity contribution in [3.8, 4) is 28.0 Å². The first-order chi connectivity index (χ1) is 12.9. The maximum atomic E-state index is 5.59. The lowest BCUT2D eigenvalue weighted by molar-refractivity contribution is 0.430. The summed E-state index contributed by atoms with van der Waals surface area (Å²) in [4.78, 5) is 12.8. The van der Waals surface area contributed by atoms with Gasteiger partial charge in [0.15, 0.2) is 5.69 Å². The molecule has 0 amide bonds. The van der Waals surface area contributed by atoms with E-state index in [0.29, 0.717) is 17.8 Å². The summed E-state index contributed by atoms with van der Waals surface area (Å²) in [5, 5.41) is 6.17. The number of aromatic nitrogens is 4. The van der Waals surface area contributed by atoms with Crippen molar-refractivity contribution >= 4 is 17.0 Å². The number of benzene rings is 1. The van der Waals surface area contributed by atoms with E-state index in [1.54, 1.807) is 11.3 Å². The summed E-state index contributed by atoms with van der Waals surface area (Å²) in [6, 6.07) is 12.8. The van der Waals surface area contributed by atoms with Crippen molar-refractivity contribution in [3.63, 3.8) is 0 Å². The van der Waals surface area contributed by atoms with Crippen LogP contribution in [0.2, 0.25) is 0 Å². The van der Waals surface area contributed by atoms with Crippen LogP contribution in [0.5, 0.6) is 0 Å². The maximum Gasteiger partial charge on any atom is 0.278 e. The lowest BCUT2D eigenvalue weighted by atomic mass is 10.0. The number of hydrogen-bond donors (Lipinski definition) is 0. The number of fused-ring (bicyclic) bond motifs is 6. The molecular weight excluding hydrogens is 346 g/mol. The fourth-order valence-corrected chi connectivity index (χ4v) is 4.76. The van der Waals surface area contributed by atoms with E-state index in [2.05, 4.69) is 48.9 Å². The van der Waals surface area contributed by atoms with Gasteiger partial charge in [0.05, 0.1) is 28.0 Å². The number of imidazole rings is 1. The Balaban J connectivity index is 1.53. The molecule has 3 aromatic heterocycles. The SMILES string of the molecule is c1csc(-c2noc(-c3ncn4c3C3CCCN3c3ccccc3-4)n2)c1. The number of anilines is 1. The van der Waals surface area contributed by atoms with Crippen LogP contribution in [0.4, 0.5) is 5.69 Å². The van der Waals surface area contributed by atoms with Crippen LogP contribution in [0.25, 0.3) is 28.0 Å². The van der Waals surface area contributed by atoms with E-state index in [-0.39, 0.29) is 0 Å². The number of thiophene rings is 1. The molecule has 128 valence electrons. The normalized spacial score (nSPS) is 17.8. The van der Waals surface area contributed by atoms with Crippen LogP contribution in [-0.4, -0.2) is 26.2 Å². The summed E-state index contributed by atoms with van der Waals surface area (Å²) in [7, 11) is 0. The third-order valence-corrected chi connectivity index (χ3v) is 6.06. The highest BCUT2D eigenvalue weighted by Crippen LogP contribution is 2.46. The lowest BCUT2D eigenvalue weighted by Crippen LogP contribution is -2.29. The van der Waals surface area contributed by atoms with E-state index in [1.807, 2.05) is 23.8 Å². The summed E-state index contributed by atoms with van der Waals surface area (Å²) < 4.78 is 7.77. The van der Waals surface area contributed by atoms with Crippen LogP contribution in [-0.2, 0) is 0 Å². The molecule has 6 rings (SSSR count). The van der Waals surface area contributed by atoms with Crippen molar-refractivity contribution in [2.75, 3.05) is 11.4 Å². The minimum absolute atomic E-state index is 0.305. The molecule has 7 heteroatoms. The largest absolute Gasteiger partial charge is 0.361 e. The number of rotatable bonds is 2. The van der Waals surface area contributed by atoms with Crippen LogP contribution >= 0.6 is 11.3 Å². The molecule has 2 aliphatic heterocycles. The Labute approximate surface area is 153 Å². The van der Waals surface area contributed by atoms with Crippen LogP contribution in [0, 0.1) is 0 Å². The molecule has 0 saturated carbocycles. The van der Waals surface area contributed by atoms with Gasteiger partial charge in [-0.2, -0.15) is 4.98 Å². The van der Waals surface area contributed by atoms with Crippen LogP contribution < -0.4 is 4.90 Å². The second-order valence-electron chi connectivity index (χ2n) is 6.59. The Hall–Kier alpha value is -2.93. The predicted molar refractivity (Wildman–Crippen MR) is 99.5 cm³/mol. The minimum Gasteiger partial charge on any atom is -0.361 e. The lowest BCUT2D eigenvalue weighted by Gasteiger charge is -2.34. The van der Waals surface area contributed by atoms with Crippen molar-refractivity contribution in [2.24, 2.45) is 0 Å². The molecule has 1 fully saturated rings. The predicted octanol–water partition coefficient (Wildman–Crippen LogP) is 4.31. The van der Waals surface area contributed by atoms with Gasteiger partial charge < -0.3 is 9.42 Å². The van der Waals surface area contributed by atoms with Gasteiger partial charge in [-0.1, -0.05) is 23.4 Å². The smallest absolute Gasteiger partial charge is 0.278 e. The molecule has 1 unspecified atom stereocenters. The Bertz CT molecular complexity index is 1100.